The summed E-state index contributed by atoms with van der Waals surface area (Å²) in [7, 11) is 0. The van der Waals surface area contributed by atoms with Gasteiger partial charge in [-0.1, -0.05) is 23.4 Å². The predicted octanol–water partition coefficient (Wildman–Crippen LogP) is 2.12. The molecular weight excluding hydrogens is 294 g/mol. The van der Waals surface area contributed by atoms with Crippen molar-refractivity contribution in [2.75, 3.05) is 5.32 Å². The molecular formula is C15H13N7O. The smallest absolute Gasteiger partial charge is 0.263 e. The van der Waals surface area contributed by atoms with Crippen LogP contribution in [0.15, 0.2) is 47.5 Å². The van der Waals surface area contributed by atoms with E-state index in [0.29, 0.717) is 18.1 Å². The van der Waals surface area contributed by atoms with Crippen LogP contribution < -0.4 is 5.32 Å². The highest BCUT2D eigenvalue weighted by Gasteiger charge is 2.13. The van der Waals surface area contributed by atoms with Crippen LogP contribution in [0.5, 0.6) is 0 Å². The second kappa shape index (κ2) is 5.48. The van der Waals surface area contributed by atoms with E-state index >= 15 is 0 Å². The van der Waals surface area contributed by atoms with Gasteiger partial charge in [-0.3, -0.25) is 0 Å². The maximum atomic E-state index is 5.15. The van der Waals surface area contributed by atoms with Gasteiger partial charge in [0.25, 0.3) is 5.71 Å². The van der Waals surface area contributed by atoms with Crippen molar-refractivity contribution in [1.29, 1.82) is 0 Å². The monoisotopic (exact) mass is 307 g/mol. The minimum Gasteiger partial charge on any atom is -0.362 e. The summed E-state index contributed by atoms with van der Waals surface area (Å²) in [6.07, 6.45) is 2.97. The number of hydrogen-bond donors (Lipinski definition) is 1. The highest BCUT2D eigenvalue weighted by atomic mass is 16.5. The molecule has 0 atom stereocenters. The van der Waals surface area contributed by atoms with Crippen molar-refractivity contribution in [2.45, 2.75) is 13.5 Å². The largest absolute Gasteiger partial charge is 0.362 e. The molecule has 0 fully saturated rings. The number of fused-ring (bicyclic) bond motifs is 1. The summed E-state index contributed by atoms with van der Waals surface area (Å²) in [6, 6.07) is 9.84. The van der Waals surface area contributed by atoms with Crippen LogP contribution in [-0.4, -0.2) is 29.9 Å². The van der Waals surface area contributed by atoms with E-state index in [1.165, 1.54) is 12.7 Å². The molecule has 0 saturated heterocycles. The van der Waals surface area contributed by atoms with Gasteiger partial charge >= 0.3 is 0 Å². The number of benzene rings is 1. The second-order valence-electron chi connectivity index (χ2n) is 4.95. The molecule has 0 unspecified atom stereocenters. The number of aryl methyl sites for hydroxylation is 1. The van der Waals surface area contributed by atoms with Gasteiger partial charge in [0.15, 0.2) is 5.82 Å². The van der Waals surface area contributed by atoms with Crippen LogP contribution in [0.3, 0.4) is 0 Å². The topological polar surface area (TPSA) is 94.6 Å². The Kier molecular flexibility index (Phi) is 3.19. The van der Waals surface area contributed by atoms with E-state index in [4.69, 9.17) is 4.52 Å². The lowest BCUT2D eigenvalue weighted by molar-refractivity contribution is 0.442. The van der Waals surface area contributed by atoms with Gasteiger partial charge in [-0.15, -0.1) is 0 Å². The van der Waals surface area contributed by atoms with Crippen LogP contribution >= 0.6 is 0 Å². The Morgan fingerprint density at radius 3 is 2.83 bits per heavy atom. The molecule has 3 heterocycles. The van der Waals surface area contributed by atoms with Crippen molar-refractivity contribution in [3.05, 3.63) is 54.5 Å². The molecule has 0 amide bonds. The fraction of sp³-hybridized carbons (Fsp3) is 0.133. The van der Waals surface area contributed by atoms with E-state index < -0.39 is 0 Å². The molecule has 8 heteroatoms. The van der Waals surface area contributed by atoms with E-state index in [1.807, 2.05) is 37.3 Å². The van der Waals surface area contributed by atoms with Crippen molar-refractivity contribution < 1.29 is 4.52 Å². The molecule has 0 radical (unpaired) electrons. The Bertz CT molecular complexity index is 945. The summed E-state index contributed by atoms with van der Waals surface area (Å²) in [5.41, 5.74) is 2.16. The number of rotatable bonds is 4. The summed E-state index contributed by atoms with van der Waals surface area (Å²) in [5, 5.41) is 12.2. The molecule has 4 aromatic rings. The molecule has 1 aromatic carbocycles. The Balaban J connectivity index is 1.63. The molecule has 0 bridgehead atoms. The SMILES string of the molecule is Cc1noc2ncnc(NCc3ncnn3-c3ccccc3)c12. The minimum atomic E-state index is 0.463. The number of aromatic nitrogens is 6. The summed E-state index contributed by atoms with van der Waals surface area (Å²) >= 11 is 0. The average Bonchev–Trinajstić information content (AvgIpc) is 3.21. The first-order valence-electron chi connectivity index (χ1n) is 7.08. The Hall–Kier alpha value is -3.29. The maximum absolute atomic E-state index is 5.15. The summed E-state index contributed by atoms with van der Waals surface area (Å²) in [4.78, 5) is 12.6. The second-order valence-corrected chi connectivity index (χ2v) is 4.95. The Morgan fingerprint density at radius 2 is 1.96 bits per heavy atom. The van der Waals surface area contributed by atoms with Crippen molar-refractivity contribution in [2.24, 2.45) is 0 Å². The number of hydrogen-bond acceptors (Lipinski definition) is 7. The fourth-order valence-corrected chi connectivity index (χ4v) is 2.39. The van der Waals surface area contributed by atoms with Gasteiger partial charge in [-0.05, 0) is 19.1 Å². The molecule has 23 heavy (non-hydrogen) atoms. The lowest BCUT2D eigenvalue weighted by Gasteiger charge is -2.08. The van der Waals surface area contributed by atoms with Crippen LogP contribution in [0.1, 0.15) is 11.5 Å². The number of anilines is 1. The van der Waals surface area contributed by atoms with Crippen molar-refractivity contribution in [1.82, 2.24) is 29.9 Å². The third-order valence-electron chi connectivity index (χ3n) is 3.48. The first-order chi connectivity index (χ1) is 11.3. The number of para-hydroxylation sites is 1. The molecule has 114 valence electrons. The third-order valence-corrected chi connectivity index (χ3v) is 3.48. The van der Waals surface area contributed by atoms with Crippen LogP contribution in [0, 0.1) is 6.92 Å². The highest BCUT2D eigenvalue weighted by Crippen LogP contribution is 2.22. The van der Waals surface area contributed by atoms with E-state index in [1.54, 1.807) is 4.68 Å². The molecule has 0 spiro atoms. The van der Waals surface area contributed by atoms with E-state index in [2.05, 4.69) is 30.5 Å². The summed E-state index contributed by atoms with van der Waals surface area (Å²) < 4.78 is 6.93. The molecule has 1 N–H and O–H groups in total. The lowest BCUT2D eigenvalue weighted by atomic mass is 10.3. The molecule has 0 aliphatic carbocycles. The van der Waals surface area contributed by atoms with Crippen molar-refractivity contribution in [3.8, 4) is 5.69 Å². The number of nitrogens with zero attached hydrogens (tertiary/aromatic N) is 6. The van der Waals surface area contributed by atoms with Gasteiger partial charge in [-0.25, -0.2) is 14.6 Å². The molecule has 0 aliphatic rings. The van der Waals surface area contributed by atoms with Crippen LogP contribution in [-0.2, 0) is 6.54 Å². The quantitative estimate of drug-likeness (QED) is 0.617. The Morgan fingerprint density at radius 1 is 1.09 bits per heavy atom. The average molecular weight is 307 g/mol. The van der Waals surface area contributed by atoms with Crippen LogP contribution in [0.2, 0.25) is 0 Å². The fourth-order valence-electron chi connectivity index (χ4n) is 2.39. The van der Waals surface area contributed by atoms with E-state index in [-0.39, 0.29) is 0 Å². The van der Waals surface area contributed by atoms with Gasteiger partial charge in [-0.2, -0.15) is 10.1 Å². The summed E-state index contributed by atoms with van der Waals surface area (Å²) in [6.45, 7) is 2.32. The molecule has 3 aromatic heterocycles. The molecule has 4 rings (SSSR count). The van der Waals surface area contributed by atoms with Crippen molar-refractivity contribution in [3.63, 3.8) is 0 Å². The van der Waals surface area contributed by atoms with E-state index in [9.17, 15) is 0 Å². The normalized spacial score (nSPS) is 11.0. The lowest BCUT2D eigenvalue weighted by Crippen LogP contribution is -2.09. The molecule has 0 saturated carbocycles. The first kappa shape index (κ1) is 13.4. The zero-order valence-corrected chi connectivity index (χ0v) is 12.3. The Labute approximate surface area is 131 Å². The van der Waals surface area contributed by atoms with Gasteiger partial charge in [0.2, 0.25) is 0 Å². The minimum absolute atomic E-state index is 0.463. The van der Waals surface area contributed by atoms with Gasteiger partial charge in [0.1, 0.15) is 23.9 Å². The molecule has 8 nitrogen and oxygen atoms in total. The van der Waals surface area contributed by atoms with Gasteiger partial charge in [0, 0.05) is 0 Å². The standard InChI is InChI=1S/C15H13N7O/c1-10-13-14(18-8-19-15(13)23-21-10)16-7-12-17-9-20-22(12)11-5-3-2-4-6-11/h2-6,8-9H,7H2,1H3,(H,16,18,19). The third kappa shape index (κ3) is 2.39. The van der Waals surface area contributed by atoms with Gasteiger partial charge in [0.05, 0.1) is 17.9 Å². The zero-order chi connectivity index (χ0) is 15.6. The van der Waals surface area contributed by atoms with Crippen LogP contribution in [0.4, 0.5) is 5.82 Å². The van der Waals surface area contributed by atoms with Crippen LogP contribution in [0.25, 0.3) is 16.8 Å². The zero-order valence-electron chi connectivity index (χ0n) is 12.3. The predicted molar refractivity (Wildman–Crippen MR) is 83.0 cm³/mol. The van der Waals surface area contributed by atoms with E-state index in [0.717, 1.165) is 22.6 Å². The van der Waals surface area contributed by atoms with Crippen molar-refractivity contribution >= 4 is 16.9 Å². The highest BCUT2D eigenvalue weighted by molar-refractivity contribution is 5.87. The number of nitrogens with one attached hydrogen (secondary N) is 1. The maximum Gasteiger partial charge on any atom is 0.263 e. The molecule has 0 aliphatic heterocycles. The first-order valence-corrected chi connectivity index (χ1v) is 7.08. The van der Waals surface area contributed by atoms with Gasteiger partial charge < -0.3 is 9.84 Å². The summed E-state index contributed by atoms with van der Waals surface area (Å²) in [5.74, 6) is 1.44.